The molecule has 0 aromatic carbocycles. The largest absolute Gasteiger partial charge is 0.379 e. The number of nitrogens with zero attached hydrogens (tertiary/aromatic N) is 4. The Morgan fingerprint density at radius 1 is 1.12 bits per heavy atom. The van der Waals surface area contributed by atoms with Gasteiger partial charge in [-0.2, -0.15) is 5.10 Å². The Kier molecular flexibility index (Phi) is 3.40. The van der Waals surface area contributed by atoms with Crippen LogP contribution in [0.1, 0.15) is 6.04 Å². The second-order valence-corrected chi connectivity index (χ2v) is 4.85. The average Bonchev–Trinajstić information content (AvgIpc) is 2.82. The molecule has 1 aromatic rings. The Bertz CT molecular complexity index is 328. The van der Waals surface area contributed by atoms with Gasteiger partial charge in [-0.25, -0.2) is 0 Å². The molecule has 0 amide bonds. The zero-order valence-corrected chi connectivity index (χ0v) is 10.2. The fourth-order valence-corrected chi connectivity index (χ4v) is 2.50. The SMILES string of the molecule is c1cnn(C2CN(CCN3CCOCC3)C2)c1. The van der Waals surface area contributed by atoms with Gasteiger partial charge in [-0.05, 0) is 6.07 Å². The number of morpholine rings is 1. The summed E-state index contributed by atoms with van der Waals surface area (Å²) in [6, 6.07) is 2.59. The highest BCUT2D eigenvalue weighted by Gasteiger charge is 2.28. The summed E-state index contributed by atoms with van der Waals surface area (Å²) in [4.78, 5) is 4.99. The number of likely N-dealkylation sites (tertiary alicyclic amines) is 1. The fraction of sp³-hybridized carbons (Fsp3) is 0.750. The predicted molar refractivity (Wildman–Crippen MR) is 65.0 cm³/mol. The zero-order valence-electron chi connectivity index (χ0n) is 10.2. The van der Waals surface area contributed by atoms with E-state index in [1.54, 1.807) is 0 Å². The number of hydrogen-bond acceptors (Lipinski definition) is 4. The van der Waals surface area contributed by atoms with Crippen LogP contribution < -0.4 is 0 Å². The summed E-state index contributed by atoms with van der Waals surface area (Å²) in [7, 11) is 0. The summed E-state index contributed by atoms with van der Waals surface area (Å²) in [5.74, 6) is 0. The minimum absolute atomic E-state index is 0.592. The van der Waals surface area contributed by atoms with E-state index in [1.165, 1.54) is 13.1 Å². The Labute approximate surface area is 102 Å². The molecule has 0 aliphatic carbocycles. The van der Waals surface area contributed by atoms with Crippen molar-refractivity contribution in [1.82, 2.24) is 19.6 Å². The van der Waals surface area contributed by atoms with Gasteiger partial charge in [-0.15, -0.1) is 0 Å². The minimum atomic E-state index is 0.592. The number of ether oxygens (including phenoxy) is 1. The lowest BCUT2D eigenvalue weighted by atomic mass is 10.1. The molecular formula is C12H20N4O. The van der Waals surface area contributed by atoms with Crippen molar-refractivity contribution in [2.75, 3.05) is 52.5 Å². The molecule has 5 heteroatoms. The molecule has 1 aromatic heterocycles. The third-order valence-electron chi connectivity index (χ3n) is 3.67. The van der Waals surface area contributed by atoms with Crippen molar-refractivity contribution in [3.63, 3.8) is 0 Å². The van der Waals surface area contributed by atoms with Crippen molar-refractivity contribution >= 4 is 0 Å². The van der Waals surface area contributed by atoms with Gasteiger partial charge in [-0.3, -0.25) is 14.5 Å². The molecule has 17 heavy (non-hydrogen) atoms. The Morgan fingerprint density at radius 3 is 2.59 bits per heavy atom. The molecule has 0 saturated carbocycles. The third-order valence-corrected chi connectivity index (χ3v) is 3.67. The Morgan fingerprint density at radius 2 is 1.88 bits per heavy atom. The topological polar surface area (TPSA) is 33.5 Å². The normalized spacial score (nSPS) is 23.8. The highest BCUT2D eigenvalue weighted by atomic mass is 16.5. The lowest BCUT2D eigenvalue weighted by Gasteiger charge is -2.40. The van der Waals surface area contributed by atoms with Crippen molar-refractivity contribution in [3.8, 4) is 0 Å². The molecule has 3 heterocycles. The van der Waals surface area contributed by atoms with E-state index in [2.05, 4.69) is 25.8 Å². The second-order valence-electron chi connectivity index (χ2n) is 4.85. The van der Waals surface area contributed by atoms with Gasteiger partial charge in [0.2, 0.25) is 0 Å². The summed E-state index contributed by atoms with van der Waals surface area (Å²) < 4.78 is 7.42. The first-order chi connectivity index (χ1) is 8.42. The van der Waals surface area contributed by atoms with E-state index < -0.39 is 0 Å². The molecule has 94 valence electrons. The monoisotopic (exact) mass is 236 g/mol. The van der Waals surface area contributed by atoms with Crippen LogP contribution in [0.4, 0.5) is 0 Å². The van der Waals surface area contributed by atoms with Crippen LogP contribution in [0.15, 0.2) is 18.5 Å². The number of hydrogen-bond donors (Lipinski definition) is 0. The summed E-state index contributed by atoms with van der Waals surface area (Å²) in [6.45, 7) is 8.63. The first-order valence-electron chi connectivity index (χ1n) is 6.43. The molecule has 2 aliphatic heterocycles. The molecule has 2 fully saturated rings. The molecule has 5 nitrogen and oxygen atoms in total. The number of rotatable bonds is 4. The summed E-state index contributed by atoms with van der Waals surface area (Å²) >= 11 is 0. The van der Waals surface area contributed by atoms with E-state index in [-0.39, 0.29) is 0 Å². The van der Waals surface area contributed by atoms with E-state index in [1.807, 2.05) is 12.3 Å². The molecular weight excluding hydrogens is 216 g/mol. The maximum atomic E-state index is 5.35. The van der Waals surface area contributed by atoms with Crippen LogP contribution in [-0.4, -0.2) is 72.1 Å². The molecule has 0 N–H and O–H groups in total. The maximum absolute atomic E-state index is 5.35. The molecule has 2 aliphatic rings. The molecule has 0 bridgehead atoms. The highest BCUT2D eigenvalue weighted by molar-refractivity contribution is 4.89. The van der Waals surface area contributed by atoms with Crippen molar-refractivity contribution in [3.05, 3.63) is 18.5 Å². The maximum Gasteiger partial charge on any atom is 0.0772 e. The van der Waals surface area contributed by atoms with E-state index >= 15 is 0 Å². The van der Waals surface area contributed by atoms with Crippen LogP contribution in [0.2, 0.25) is 0 Å². The van der Waals surface area contributed by atoms with Crippen LogP contribution >= 0.6 is 0 Å². The number of aromatic nitrogens is 2. The Hall–Kier alpha value is -0.910. The molecule has 0 atom stereocenters. The van der Waals surface area contributed by atoms with E-state index in [9.17, 15) is 0 Å². The van der Waals surface area contributed by atoms with Crippen LogP contribution in [0.3, 0.4) is 0 Å². The molecule has 0 radical (unpaired) electrons. The van der Waals surface area contributed by atoms with E-state index in [4.69, 9.17) is 4.74 Å². The van der Waals surface area contributed by atoms with Crippen LogP contribution in [0.5, 0.6) is 0 Å². The van der Waals surface area contributed by atoms with Gasteiger partial charge < -0.3 is 4.74 Å². The van der Waals surface area contributed by atoms with Gasteiger partial charge in [0.25, 0.3) is 0 Å². The van der Waals surface area contributed by atoms with Crippen LogP contribution in [0.25, 0.3) is 0 Å². The average molecular weight is 236 g/mol. The van der Waals surface area contributed by atoms with Gasteiger partial charge >= 0.3 is 0 Å². The first kappa shape index (κ1) is 11.2. The third kappa shape index (κ3) is 2.68. The quantitative estimate of drug-likeness (QED) is 0.741. The fourth-order valence-electron chi connectivity index (χ4n) is 2.50. The summed E-state index contributed by atoms with van der Waals surface area (Å²) in [6.07, 6.45) is 3.92. The molecule has 0 spiro atoms. The summed E-state index contributed by atoms with van der Waals surface area (Å²) in [5, 5.41) is 4.29. The van der Waals surface area contributed by atoms with Gasteiger partial charge in [0.1, 0.15) is 0 Å². The summed E-state index contributed by atoms with van der Waals surface area (Å²) in [5.41, 5.74) is 0. The van der Waals surface area contributed by atoms with Crippen LogP contribution in [0, 0.1) is 0 Å². The van der Waals surface area contributed by atoms with Gasteiger partial charge in [-0.1, -0.05) is 0 Å². The van der Waals surface area contributed by atoms with Gasteiger partial charge in [0, 0.05) is 51.7 Å². The van der Waals surface area contributed by atoms with Crippen molar-refractivity contribution < 1.29 is 4.74 Å². The van der Waals surface area contributed by atoms with Crippen LogP contribution in [-0.2, 0) is 4.74 Å². The van der Waals surface area contributed by atoms with Gasteiger partial charge in [0.05, 0.1) is 19.3 Å². The lowest BCUT2D eigenvalue weighted by molar-refractivity contribution is 0.0228. The highest BCUT2D eigenvalue weighted by Crippen LogP contribution is 2.19. The Balaban J connectivity index is 1.35. The molecule has 0 unspecified atom stereocenters. The second kappa shape index (κ2) is 5.16. The van der Waals surface area contributed by atoms with Crippen molar-refractivity contribution in [1.29, 1.82) is 0 Å². The standard InChI is InChI=1S/C12H20N4O/c1-2-13-16(3-1)12-10-15(11-12)5-4-14-6-8-17-9-7-14/h1-3,12H,4-11H2. The van der Waals surface area contributed by atoms with Crippen molar-refractivity contribution in [2.24, 2.45) is 0 Å². The first-order valence-corrected chi connectivity index (χ1v) is 6.43. The molecule has 2 saturated heterocycles. The van der Waals surface area contributed by atoms with E-state index in [0.29, 0.717) is 6.04 Å². The smallest absolute Gasteiger partial charge is 0.0772 e. The van der Waals surface area contributed by atoms with Gasteiger partial charge in [0.15, 0.2) is 0 Å². The predicted octanol–water partition coefficient (Wildman–Crippen LogP) is 0.0720. The van der Waals surface area contributed by atoms with Crippen molar-refractivity contribution in [2.45, 2.75) is 6.04 Å². The minimum Gasteiger partial charge on any atom is -0.379 e. The molecule has 3 rings (SSSR count). The zero-order chi connectivity index (χ0) is 11.5. The lowest BCUT2D eigenvalue weighted by Crippen LogP contribution is -2.51. The van der Waals surface area contributed by atoms with E-state index in [0.717, 1.165) is 39.4 Å².